The first-order valence-corrected chi connectivity index (χ1v) is 15.0. The molecular formula is C30H27ClN2O5S2. The van der Waals surface area contributed by atoms with Gasteiger partial charge in [0.05, 0.1) is 13.5 Å². The number of hydrogen-bond donors (Lipinski definition) is 1. The first kappa shape index (κ1) is 28.1. The van der Waals surface area contributed by atoms with Crippen LogP contribution in [0.1, 0.15) is 16.7 Å². The zero-order valence-corrected chi connectivity index (χ0v) is 24.1. The molecule has 0 unspecified atom stereocenters. The number of thioether (sulfide) groups is 2. The molecule has 7 nitrogen and oxygen atoms in total. The predicted molar refractivity (Wildman–Crippen MR) is 157 cm³/mol. The fourth-order valence-electron chi connectivity index (χ4n) is 4.45. The first-order valence-electron chi connectivity index (χ1n) is 12.6. The Hall–Kier alpha value is -3.40. The van der Waals surface area contributed by atoms with E-state index in [1.54, 1.807) is 19.2 Å². The Morgan fingerprint density at radius 2 is 1.75 bits per heavy atom. The zero-order chi connectivity index (χ0) is 28.1. The van der Waals surface area contributed by atoms with Gasteiger partial charge in [-0.3, -0.25) is 14.5 Å². The molecule has 2 amide bonds. The van der Waals surface area contributed by atoms with Crippen LogP contribution in [0, 0.1) is 0 Å². The molecule has 206 valence electrons. The number of nitrogens with one attached hydrogen (secondary N) is 1. The molecule has 2 heterocycles. The molecule has 2 atom stereocenters. The third-order valence-electron chi connectivity index (χ3n) is 6.53. The molecule has 2 aliphatic rings. The molecule has 0 bridgehead atoms. The second-order valence-electron chi connectivity index (χ2n) is 9.16. The van der Waals surface area contributed by atoms with E-state index in [4.69, 9.17) is 21.1 Å². The Kier molecular flexibility index (Phi) is 9.04. The number of carbonyl (C=O) groups excluding carboxylic acids is 3. The number of ether oxygens (including phenoxy) is 2. The SMILES string of the molecule is COc1ccc(COC(=O)C2=C(Sc3ccccc3CCl)CS[C@H]3[C@H](NC(=O)Cc4ccccc4)C(=O)N23)cc1. The van der Waals surface area contributed by atoms with Crippen molar-refractivity contribution < 1.29 is 23.9 Å². The van der Waals surface area contributed by atoms with Gasteiger partial charge in [-0.25, -0.2) is 4.79 Å². The summed E-state index contributed by atoms with van der Waals surface area (Å²) in [6.07, 6.45) is 0.172. The second kappa shape index (κ2) is 12.8. The van der Waals surface area contributed by atoms with Crippen LogP contribution in [0.4, 0.5) is 0 Å². The highest BCUT2D eigenvalue weighted by molar-refractivity contribution is 8.06. The van der Waals surface area contributed by atoms with Crippen molar-refractivity contribution in [3.63, 3.8) is 0 Å². The molecule has 1 saturated heterocycles. The van der Waals surface area contributed by atoms with Gasteiger partial charge in [-0.15, -0.1) is 23.4 Å². The van der Waals surface area contributed by atoms with Gasteiger partial charge in [0, 0.05) is 21.4 Å². The van der Waals surface area contributed by atoms with Crippen LogP contribution in [0.2, 0.25) is 0 Å². The third kappa shape index (κ3) is 6.16. The number of rotatable bonds is 10. The topological polar surface area (TPSA) is 84.9 Å². The van der Waals surface area contributed by atoms with E-state index in [1.165, 1.54) is 28.4 Å². The van der Waals surface area contributed by atoms with Gasteiger partial charge >= 0.3 is 5.97 Å². The van der Waals surface area contributed by atoms with Crippen molar-refractivity contribution in [2.75, 3.05) is 12.9 Å². The smallest absolute Gasteiger partial charge is 0.356 e. The van der Waals surface area contributed by atoms with Crippen LogP contribution < -0.4 is 10.1 Å². The van der Waals surface area contributed by atoms with Gasteiger partial charge in [0.15, 0.2) is 0 Å². The number of halogens is 1. The lowest BCUT2D eigenvalue weighted by Gasteiger charge is -2.49. The lowest BCUT2D eigenvalue weighted by atomic mass is 10.0. The highest BCUT2D eigenvalue weighted by atomic mass is 35.5. The number of alkyl halides is 1. The van der Waals surface area contributed by atoms with E-state index in [9.17, 15) is 14.4 Å². The number of amides is 2. The molecule has 0 aliphatic carbocycles. The number of hydrogen-bond acceptors (Lipinski definition) is 7. The van der Waals surface area contributed by atoms with Gasteiger partial charge in [0.1, 0.15) is 29.5 Å². The van der Waals surface area contributed by atoms with Gasteiger partial charge in [-0.1, -0.05) is 72.4 Å². The fourth-order valence-corrected chi connectivity index (χ4v) is 7.36. The van der Waals surface area contributed by atoms with E-state index in [1.807, 2.05) is 66.7 Å². The number of β-lactam (4-membered cyclic amide) rings is 1. The summed E-state index contributed by atoms with van der Waals surface area (Å²) in [6, 6.07) is 23.6. The zero-order valence-electron chi connectivity index (χ0n) is 21.7. The largest absolute Gasteiger partial charge is 0.497 e. The van der Waals surface area contributed by atoms with E-state index < -0.39 is 17.4 Å². The first-order chi connectivity index (χ1) is 19.5. The molecule has 0 saturated carbocycles. The molecular weight excluding hydrogens is 568 g/mol. The van der Waals surface area contributed by atoms with Gasteiger partial charge in [-0.2, -0.15) is 0 Å². The van der Waals surface area contributed by atoms with E-state index in [0.29, 0.717) is 22.3 Å². The summed E-state index contributed by atoms with van der Waals surface area (Å²) in [5, 5.41) is 2.46. The van der Waals surface area contributed by atoms with Crippen molar-refractivity contribution in [3.05, 3.63) is 106 Å². The van der Waals surface area contributed by atoms with Crippen molar-refractivity contribution in [3.8, 4) is 5.75 Å². The summed E-state index contributed by atoms with van der Waals surface area (Å²) >= 11 is 9.08. The normalized spacial score (nSPS) is 18.1. The Morgan fingerprint density at radius 1 is 1.02 bits per heavy atom. The molecule has 1 N–H and O–H groups in total. The number of fused-ring (bicyclic) bond motifs is 1. The van der Waals surface area contributed by atoms with Crippen LogP contribution in [0.3, 0.4) is 0 Å². The summed E-state index contributed by atoms with van der Waals surface area (Å²) < 4.78 is 10.9. The van der Waals surface area contributed by atoms with E-state index >= 15 is 0 Å². The van der Waals surface area contributed by atoms with Crippen LogP contribution in [-0.4, -0.2) is 47.0 Å². The van der Waals surface area contributed by atoms with Crippen molar-refractivity contribution in [2.24, 2.45) is 0 Å². The van der Waals surface area contributed by atoms with Crippen molar-refractivity contribution >= 4 is 52.9 Å². The summed E-state index contributed by atoms with van der Waals surface area (Å²) in [7, 11) is 1.59. The molecule has 5 rings (SSSR count). The standard InChI is InChI=1S/C30H27ClN2O5S2/c1-37-22-13-11-20(12-14-22)17-38-30(36)27-24(40-23-10-6-5-9-21(23)16-31)18-39-29-26(28(35)33(27)29)32-25(34)15-19-7-3-2-4-8-19/h2-14,26,29H,15-18H2,1H3,(H,32,34)/t26-,29+/m1/s1. The summed E-state index contributed by atoms with van der Waals surface area (Å²) in [5.41, 5.74) is 2.80. The minimum atomic E-state index is -0.715. The molecule has 0 radical (unpaired) electrons. The van der Waals surface area contributed by atoms with Crippen molar-refractivity contribution in [1.29, 1.82) is 0 Å². The van der Waals surface area contributed by atoms with Gasteiger partial charge in [0.2, 0.25) is 5.91 Å². The summed E-state index contributed by atoms with van der Waals surface area (Å²) in [6.45, 7) is 0.0413. The van der Waals surface area contributed by atoms with Crippen LogP contribution in [0.5, 0.6) is 5.75 Å². The molecule has 0 aromatic heterocycles. The number of nitrogens with zero attached hydrogens (tertiary/aromatic N) is 1. The van der Waals surface area contributed by atoms with Crippen LogP contribution in [0.25, 0.3) is 0 Å². The van der Waals surface area contributed by atoms with E-state index in [0.717, 1.165) is 21.6 Å². The fraction of sp³-hybridized carbons (Fsp3) is 0.233. The lowest BCUT2D eigenvalue weighted by molar-refractivity contribution is -0.153. The van der Waals surface area contributed by atoms with Crippen molar-refractivity contribution in [2.45, 2.75) is 35.2 Å². The maximum absolute atomic E-state index is 13.5. The van der Waals surface area contributed by atoms with E-state index in [2.05, 4.69) is 5.32 Å². The number of benzene rings is 3. The quantitative estimate of drug-likeness (QED) is 0.198. The Balaban J connectivity index is 1.36. The third-order valence-corrected chi connectivity index (χ3v) is 9.48. The van der Waals surface area contributed by atoms with Crippen molar-refractivity contribution in [1.82, 2.24) is 10.2 Å². The minimum Gasteiger partial charge on any atom is -0.497 e. The van der Waals surface area contributed by atoms with Crippen LogP contribution in [-0.2, 0) is 38.0 Å². The minimum absolute atomic E-state index is 0.0413. The molecule has 2 aliphatic heterocycles. The average molecular weight is 595 g/mol. The molecule has 1 fully saturated rings. The number of methoxy groups -OCH3 is 1. The Morgan fingerprint density at radius 3 is 2.48 bits per heavy atom. The molecule has 10 heteroatoms. The Bertz CT molecular complexity index is 1430. The summed E-state index contributed by atoms with van der Waals surface area (Å²) in [4.78, 5) is 42.7. The average Bonchev–Trinajstić information content (AvgIpc) is 2.99. The predicted octanol–water partition coefficient (Wildman–Crippen LogP) is 5.12. The van der Waals surface area contributed by atoms with Gasteiger partial charge < -0.3 is 14.8 Å². The lowest BCUT2D eigenvalue weighted by Crippen LogP contribution is -2.70. The monoisotopic (exact) mass is 594 g/mol. The number of carbonyl (C=O) groups is 3. The van der Waals surface area contributed by atoms with Gasteiger partial charge in [-0.05, 0) is 34.9 Å². The molecule has 0 spiro atoms. The highest BCUT2D eigenvalue weighted by Crippen LogP contribution is 2.46. The van der Waals surface area contributed by atoms with E-state index in [-0.39, 0.29) is 30.5 Å². The maximum atomic E-state index is 13.5. The summed E-state index contributed by atoms with van der Waals surface area (Å²) in [5.74, 6) is 0.338. The highest BCUT2D eigenvalue weighted by Gasteiger charge is 2.54. The molecule has 3 aromatic carbocycles. The van der Waals surface area contributed by atoms with Crippen LogP contribution >= 0.6 is 35.1 Å². The molecule has 40 heavy (non-hydrogen) atoms. The second-order valence-corrected chi connectivity index (χ2v) is 11.7. The van der Waals surface area contributed by atoms with Crippen LogP contribution in [0.15, 0.2) is 94.4 Å². The maximum Gasteiger partial charge on any atom is 0.356 e. The Labute approximate surface area is 246 Å². The molecule has 3 aromatic rings. The number of esters is 1. The van der Waals surface area contributed by atoms with Gasteiger partial charge in [0.25, 0.3) is 5.91 Å².